The molecular weight excluding hydrogens is 393 g/mol. The zero-order chi connectivity index (χ0) is 14.9. The van der Waals surface area contributed by atoms with Gasteiger partial charge in [0.05, 0.1) is 11.0 Å². The molecule has 1 aromatic carbocycles. The topological polar surface area (TPSA) is 66.4 Å². The zero-order valence-corrected chi connectivity index (χ0v) is 13.9. The lowest BCUT2D eigenvalue weighted by Gasteiger charge is -2.27. The Hall–Kier alpha value is -0.820. The van der Waals surface area contributed by atoms with Crippen molar-refractivity contribution in [2.75, 3.05) is 0 Å². The van der Waals surface area contributed by atoms with Crippen molar-refractivity contribution < 1.29 is 14.7 Å². The van der Waals surface area contributed by atoms with Crippen LogP contribution in [0, 0.1) is 8.99 Å². The Morgan fingerprint density at radius 3 is 2.85 bits per heavy atom. The molecule has 4 nitrogen and oxygen atoms in total. The SMILES string of the molecule is CC1(C(=O)O)CCCC1NC(=O)c1cc(Cl)ccc1I. The van der Waals surface area contributed by atoms with Crippen LogP contribution < -0.4 is 5.32 Å². The molecule has 0 radical (unpaired) electrons. The molecule has 1 aromatic rings. The van der Waals surface area contributed by atoms with Gasteiger partial charge in [-0.2, -0.15) is 0 Å². The fraction of sp³-hybridized carbons (Fsp3) is 0.429. The van der Waals surface area contributed by atoms with Gasteiger partial charge in [-0.25, -0.2) is 0 Å². The van der Waals surface area contributed by atoms with E-state index >= 15 is 0 Å². The first-order chi connectivity index (χ1) is 9.34. The molecule has 6 heteroatoms. The normalized spacial score (nSPS) is 25.4. The van der Waals surface area contributed by atoms with E-state index in [2.05, 4.69) is 27.9 Å². The maximum absolute atomic E-state index is 12.3. The first-order valence-corrected chi connectivity index (χ1v) is 7.79. The molecule has 1 amide bonds. The molecule has 0 bridgehead atoms. The quantitative estimate of drug-likeness (QED) is 0.756. The highest BCUT2D eigenvalue weighted by molar-refractivity contribution is 14.1. The van der Waals surface area contributed by atoms with E-state index in [0.29, 0.717) is 23.4 Å². The second-order valence-corrected chi connectivity index (χ2v) is 6.86. The molecule has 1 saturated carbocycles. The summed E-state index contributed by atoms with van der Waals surface area (Å²) in [5.74, 6) is -1.13. The van der Waals surface area contributed by atoms with Crippen LogP contribution >= 0.6 is 34.2 Å². The van der Waals surface area contributed by atoms with E-state index in [1.165, 1.54) is 0 Å². The number of hydrogen-bond donors (Lipinski definition) is 2. The van der Waals surface area contributed by atoms with Crippen LogP contribution in [0.3, 0.4) is 0 Å². The van der Waals surface area contributed by atoms with Crippen molar-refractivity contribution in [3.8, 4) is 0 Å². The molecule has 1 aliphatic rings. The zero-order valence-electron chi connectivity index (χ0n) is 11.0. The van der Waals surface area contributed by atoms with Crippen molar-refractivity contribution >= 4 is 46.1 Å². The van der Waals surface area contributed by atoms with E-state index in [1.807, 2.05) is 0 Å². The third kappa shape index (κ3) is 2.93. The summed E-state index contributed by atoms with van der Waals surface area (Å²) in [6.07, 6.45) is 2.08. The van der Waals surface area contributed by atoms with Gasteiger partial charge in [0.25, 0.3) is 5.91 Å². The minimum atomic E-state index is -0.889. The lowest BCUT2D eigenvalue weighted by atomic mass is 9.85. The van der Waals surface area contributed by atoms with Crippen LogP contribution in [-0.4, -0.2) is 23.0 Å². The summed E-state index contributed by atoms with van der Waals surface area (Å²) in [6.45, 7) is 1.69. The molecule has 0 aliphatic heterocycles. The van der Waals surface area contributed by atoms with Crippen LogP contribution in [0.2, 0.25) is 5.02 Å². The van der Waals surface area contributed by atoms with E-state index in [1.54, 1.807) is 25.1 Å². The average molecular weight is 408 g/mol. The lowest BCUT2D eigenvalue weighted by molar-refractivity contribution is -0.148. The van der Waals surface area contributed by atoms with Crippen molar-refractivity contribution in [2.45, 2.75) is 32.2 Å². The first-order valence-electron chi connectivity index (χ1n) is 6.34. The highest BCUT2D eigenvalue weighted by Crippen LogP contribution is 2.38. The molecule has 0 saturated heterocycles. The van der Waals surface area contributed by atoms with Gasteiger partial charge < -0.3 is 10.4 Å². The van der Waals surface area contributed by atoms with E-state index < -0.39 is 11.4 Å². The van der Waals surface area contributed by atoms with Crippen molar-refractivity contribution in [3.05, 3.63) is 32.4 Å². The number of nitrogens with one attached hydrogen (secondary N) is 1. The number of carboxylic acids is 1. The number of hydrogen-bond acceptors (Lipinski definition) is 2. The summed E-state index contributed by atoms with van der Waals surface area (Å²) in [7, 11) is 0. The Labute approximate surface area is 136 Å². The fourth-order valence-corrected chi connectivity index (χ4v) is 3.31. The summed E-state index contributed by atoms with van der Waals surface area (Å²) >= 11 is 7.97. The number of benzene rings is 1. The van der Waals surface area contributed by atoms with Crippen LogP contribution in [-0.2, 0) is 4.79 Å². The Morgan fingerprint density at radius 2 is 2.20 bits per heavy atom. The fourth-order valence-electron chi connectivity index (χ4n) is 2.56. The lowest BCUT2D eigenvalue weighted by Crippen LogP contribution is -2.47. The van der Waals surface area contributed by atoms with Crippen molar-refractivity contribution in [2.24, 2.45) is 5.41 Å². The summed E-state index contributed by atoms with van der Waals surface area (Å²) in [5, 5.41) is 12.7. The van der Waals surface area contributed by atoms with Crippen molar-refractivity contribution in [1.29, 1.82) is 0 Å². The average Bonchev–Trinajstić information content (AvgIpc) is 2.75. The van der Waals surface area contributed by atoms with Gasteiger partial charge >= 0.3 is 5.97 Å². The molecule has 2 rings (SSSR count). The number of carbonyl (C=O) groups is 2. The number of aliphatic carboxylic acids is 1. The van der Waals surface area contributed by atoms with Crippen molar-refractivity contribution in [1.82, 2.24) is 5.32 Å². The van der Waals surface area contributed by atoms with Crippen LogP contribution in [0.4, 0.5) is 0 Å². The van der Waals surface area contributed by atoms with Gasteiger partial charge in [-0.05, 0) is 60.6 Å². The Balaban J connectivity index is 2.19. The number of amides is 1. The molecule has 1 fully saturated rings. The van der Waals surface area contributed by atoms with Gasteiger partial charge in [-0.3, -0.25) is 9.59 Å². The van der Waals surface area contributed by atoms with Gasteiger partial charge in [0.15, 0.2) is 0 Å². The molecule has 2 unspecified atom stereocenters. The first kappa shape index (κ1) is 15.6. The van der Waals surface area contributed by atoms with Crippen LogP contribution in [0.15, 0.2) is 18.2 Å². The Morgan fingerprint density at radius 1 is 1.50 bits per heavy atom. The monoisotopic (exact) mass is 407 g/mol. The Kier molecular flexibility index (Phi) is 4.59. The predicted octanol–water partition coefficient (Wildman–Crippen LogP) is 3.32. The molecule has 0 heterocycles. The highest BCUT2D eigenvalue weighted by Gasteiger charge is 2.46. The Bertz CT molecular complexity index is 563. The van der Waals surface area contributed by atoms with E-state index in [0.717, 1.165) is 9.99 Å². The third-order valence-electron chi connectivity index (χ3n) is 3.92. The number of halogens is 2. The molecule has 2 atom stereocenters. The molecule has 108 valence electrons. The minimum Gasteiger partial charge on any atom is -0.481 e. The summed E-state index contributed by atoms with van der Waals surface area (Å²) in [4.78, 5) is 23.7. The second-order valence-electron chi connectivity index (χ2n) is 5.27. The van der Waals surface area contributed by atoms with Crippen LogP contribution in [0.5, 0.6) is 0 Å². The van der Waals surface area contributed by atoms with Crippen LogP contribution in [0.25, 0.3) is 0 Å². The maximum atomic E-state index is 12.3. The predicted molar refractivity (Wildman–Crippen MR) is 85.0 cm³/mol. The summed E-state index contributed by atoms with van der Waals surface area (Å²) < 4.78 is 0.791. The molecule has 1 aliphatic carbocycles. The van der Waals surface area contributed by atoms with Crippen molar-refractivity contribution in [3.63, 3.8) is 0 Å². The minimum absolute atomic E-state index is 0.267. The smallest absolute Gasteiger partial charge is 0.311 e. The largest absolute Gasteiger partial charge is 0.481 e. The van der Waals surface area contributed by atoms with Gasteiger partial charge in [0.2, 0.25) is 0 Å². The van der Waals surface area contributed by atoms with E-state index in [-0.39, 0.29) is 11.9 Å². The number of carboxylic acid groups (broad SMARTS) is 1. The molecular formula is C14H15ClINO3. The van der Waals surface area contributed by atoms with Gasteiger partial charge in [0, 0.05) is 14.6 Å². The third-order valence-corrected chi connectivity index (χ3v) is 5.10. The van der Waals surface area contributed by atoms with Gasteiger partial charge in [-0.1, -0.05) is 18.0 Å². The summed E-state index contributed by atoms with van der Waals surface area (Å²) in [5.41, 5.74) is -0.405. The summed E-state index contributed by atoms with van der Waals surface area (Å²) in [6, 6.07) is 4.74. The number of rotatable bonds is 3. The molecule has 0 spiro atoms. The highest BCUT2D eigenvalue weighted by atomic mass is 127. The van der Waals surface area contributed by atoms with Gasteiger partial charge in [-0.15, -0.1) is 0 Å². The van der Waals surface area contributed by atoms with E-state index in [4.69, 9.17) is 11.6 Å². The van der Waals surface area contributed by atoms with E-state index in [9.17, 15) is 14.7 Å². The molecule has 2 N–H and O–H groups in total. The maximum Gasteiger partial charge on any atom is 0.311 e. The van der Waals surface area contributed by atoms with Gasteiger partial charge in [0.1, 0.15) is 0 Å². The van der Waals surface area contributed by atoms with Crippen LogP contribution in [0.1, 0.15) is 36.5 Å². The molecule has 20 heavy (non-hydrogen) atoms. The standard InChI is InChI=1S/C14H15ClINO3/c1-14(13(19)20)6-2-3-11(14)17-12(18)9-7-8(15)4-5-10(9)16/h4-5,7,11H,2-3,6H2,1H3,(H,17,18)(H,19,20). The number of carbonyl (C=O) groups excluding carboxylic acids is 1. The second kappa shape index (κ2) is 5.89. The molecule has 0 aromatic heterocycles.